The van der Waals surface area contributed by atoms with Crippen molar-refractivity contribution in [2.45, 2.75) is 38.0 Å². The van der Waals surface area contributed by atoms with Crippen LogP contribution in [-0.4, -0.2) is 70.3 Å². The van der Waals surface area contributed by atoms with Gasteiger partial charge in [-0.3, -0.25) is 14.3 Å². The number of aromatic nitrogens is 2. The normalized spacial score (nSPS) is 17.4. The Balaban J connectivity index is 1.42. The topological polar surface area (TPSA) is 76.9 Å². The monoisotopic (exact) mass is 524 g/mol. The van der Waals surface area contributed by atoms with E-state index in [1.165, 1.54) is 0 Å². The van der Waals surface area contributed by atoms with Crippen LogP contribution < -0.4 is 4.74 Å². The van der Waals surface area contributed by atoms with Crippen LogP contribution in [0.2, 0.25) is 5.02 Å². The first kappa shape index (κ1) is 26.7. The third-order valence-electron chi connectivity index (χ3n) is 6.42. The van der Waals surface area contributed by atoms with Gasteiger partial charge in [0.2, 0.25) is 11.8 Å². The number of halogens is 1. The number of hydrogen-bond acceptors (Lipinski definition) is 5. The van der Waals surface area contributed by atoms with E-state index in [-0.39, 0.29) is 31.4 Å². The third kappa shape index (κ3) is 7.81. The van der Waals surface area contributed by atoms with Gasteiger partial charge in [0.05, 0.1) is 19.6 Å². The van der Waals surface area contributed by atoms with Crippen LogP contribution in [0.1, 0.15) is 24.8 Å². The molecular formula is C28H33ClN4O4. The van der Waals surface area contributed by atoms with Gasteiger partial charge in [0.1, 0.15) is 18.0 Å². The molecule has 1 aromatic heterocycles. The molecule has 9 heteroatoms. The zero-order valence-electron chi connectivity index (χ0n) is 21.1. The number of rotatable bonds is 11. The molecule has 0 N–H and O–H groups in total. The molecule has 4 rings (SSSR count). The Hall–Kier alpha value is -3.36. The van der Waals surface area contributed by atoms with Crippen LogP contribution in [0, 0.1) is 0 Å². The molecule has 196 valence electrons. The van der Waals surface area contributed by atoms with Gasteiger partial charge in [-0.25, -0.2) is 0 Å². The highest BCUT2D eigenvalue weighted by atomic mass is 35.5. The summed E-state index contributed by atoms with van der Waals surface area (Å²) in [5.41, 5.74) is 0.0840. The fraction of sp³-hybridized carbons (Fsp3) is 0.393. The number of ether oxygens (including phenoxy) is 2. The predicted octanol–water partition coefficient (Wildman–Crippen LogP) is 4.04. The zero-order valence-corrected chi connectivity index (χ0v) is 21.8. The highest BCUT2D eigenvalue weighted by Gasteiger charge is 2.42. The van der Waals surface area contributed by atoms with Crippen molar-refractivity contribution in [1.82, 2.24) is 19.6 Å². The number of carbonyl (C=O) groups excluding carboxylic acids is 2. The molecule has 2 heterocycles. The molecular weight excluding hydrogens is 492 g/mol. The first-order valence-corrected chi connectivity index (χ1v) is 12.9. The molecule has 0 unspecified atom stereocenters. The minimum Gasteiger partial charge on any atom is -0.490 e. The van der Waals surface area contributed by atoms with Crippen LogP contribution in [0.4, 0.5) is 0 Å². The highest BCUT2D eigenvalue weighted by molar-refractivity contribution is 6.30. The number of carbonyl (C=O) groups is 2. The van der Waals surface area contributed by atoms with Crippen LogP contribution in [-0.2, 0) is 27.4 Å². The average Bonchev–Trinajstić information content (AvgIpc) is 3.43. The SMILES string of the molecule is CN(Cc1ccccc1)C(=O)C[C@]1(COc2ccc(Cl)cc2)CN(C(=O)CCCn2cccn2)CCO1. The summed E-state index contributed by atoms with van der Waals surface area (Å²) < 4.78 is 14.1. The third-order valence-corrected chi connectivity index (χ3v) is 6.67. The molecule has 8 nitrogen and oxygen atoms in total. The van der Waals surface area contributed by atoms with E-state index >= 15 is 0 Å². The van der Waals surface area contributed by atoms with Crippen molar-refractivity contribution < 1.29 is 19.1 Å². The van der Waals surface area contributed by atoms with Gasteiger partial charge < -0.3 is 19.3 Å². The fourth-order valence-electron chi connectivity index (χ4n) is 4.39. The van der Waals surface area contributed by atoms with E-state index in [0.717, 1.165) is 5.56 Å². The van der Waals surface area contributed by atoms with Crippen molar-refractivity contribution in [2.75, 3.05) is 33.4 Å². The van der Waals surface area contributed by atoms with Gasteiger partial charge >= 0.3 is 0 Å². The molecule has 1 atom stereocenters. The van der Waals surface area contributed by atoms with E-state index < -0.39 is 5.60 Å². The van der Waals surface area contributed by atoms with Gasteiger partial charge in [0.15, 0.2) is 0 Å². The molecule has 3 aromatic rings. The van der Waals surface area contributed by atoms with Gasteiger partial charge in [-0.1, -0.05) is 41.9 Å². The zero-order chi connectivity index (χ0) is 26.1. The Morgan fingerprint density at radius 3 is 2.65 bits per heavy atom. The van der Waals surface area contributed by atoms with Gasteiger partial charge in [-0.2, -0.15) is 5.10 Å². The smallest absolute Gasteiger partial charge is 0.225 e. The summed E-state index contributed by atoms with van der Waals surface area (Å²) in [5.74, 6) is 0.591. The van der Waals surface area contributed by atoms with E-state index in [2.05, 4.69) is 5.10 Å². The number of hydrogen-bond donors (Lipinski definition) is 0. The molecule has 1 saturated heterocycles. The van der Waals surface area contributed by atoms with Crippen LogP contribution >= 0.6 is 11.6 Å². The largest absolute Gasteiger partial charge is 0.490 e. The maximum absolute atomic E-state index is 13.3. The fourth-order valence-corrected chi connectivity index (χ4v) is 4.51. The Morgan fingerprint density at radius 1 is 1.14 bits per heavy atom. The lowest BCUT2D eigenvalue weighted by Gasteiger charge is -2.42. The molecule has 1 fully saturated rings. The minimum absolute atomic E-state index is 0.0383. The van der Waals surface area contributed by atoms with Crippen molar-refractivity contribution in [1.29, 1.82) is 0 Å². The summed E-state index contributed by atoms with van der Waals surface area (Å²) in [7, 11) is 1.78. The van der Waals surface area contributed by atoms with Crippen molar-refractivity contribution in [3.63, 3.8) is 0 Å². The highest BCUT2D eigenvalue weighted by Crippen LogP contribution is 2.27. The maximum Gasteiger partial charge on any atom is 0.225 e. The van der Waals surface area contributed by atoms with Crippen LogP contribution in [0.25, 0.3) is 0 Å². The summed E-state index contributed by atoms with van der Waals surface area (Å²) in [6, 6.07) is 18.8. The Morgan fingerprint density at radius 2 is 1.92 bits per heavy atom. The van der Waals surface area contributed by atoms with E-state index in [1.54, 1.807) is 47.3 Å². The number of aryl methyl sites for hydroxylation is 1. The van der Waals surface area contributed by atoms with Gasteiger partial charge in [-0.05, 0) is 42.3 Å². The van der Waals surface area contributed by atoms with Crippen LogP contribution in [0.15, 0.2) is 73.1 Å². The molecule has 0 saturated carbocycles. The second-order valence-corrected chi connectivity index (χ2v) is 9.81. The quantitative estimate of drug-likeness (QED) is 0.378. The Kier molecular flexibility index (Phi) is 9.19. The molecule has 2 amide bonds. The van der Waals surface area contributed by atoms with E-state index in [0.29, 0.717) is 49.9 Å². The van der Waals surface area contributed by atoms with Crippen LogP contribution in [0.3, 0.4) is 0 Å². The Labute approximate surface area is 222 Å². The van der Waals surface area contributed by atoms with Gasteiger partial charge in [0.25, 0.3) is 0 Å². The molecule has 37 heavy (non-hydrogen) atoms. The second kappa shape index (κ2) is 12.7. The first-order chi connectivity index (χ1) is 17.9. The lowest BCUT2D eigenvalue weighted by atomic mass is 9.96. The van der Waals surface area contributed by atoms with Crippen molar-refractivity contribution >= 4 is 23.4 Å². The maximum atomic E-state index is 13.3. The average molecular weight is 525 g/mol. The number of benzene rings is 2. The molecule has 0 radical (unpaired) electrons. The molecule has 0 aliphatic carbocycles. The number of morpholine rings is 1. The lowest BCUT2D eigenvalue weighted by molar-refractivity contribution is -0.165. The summed E-state index contributed by atoms with van der Waals surface area (Å²) >= 11 is 6.01. The van der Waals surface area contributed by atoms with E-state index in [1.807, 2.05) is 47.3 Å². The summed E-state index contributed by atoms with van der Waals surface area (Å²) in [6.45, 7) is 2.41. The molecule has 1 aliphatic rings. The van der Waals surface area contributed by atoms with E-state index in [4.69, 9.17) is 21.1 Å². The van der Waals surface area contributed by atoms with Crippen molar-refractivity contribution in [3.8, 4) is 5.75 Å². The minimum atomic E-state index is -0.961. The molecule has 2 aromatic carbocycles. The molecule has 0 bridgehead atoms. The van der Waals surface area contributed by atoms with Crippen molar-refractivity contribution in [2.24, 2.45) is 0 Å². The predicted molar refractivity (Wildman–Crippen MR) is 141 cm³/mol. The summed E-state index contributed by atoms with van der Waals surface area (Å²) in [6.07, 6.45) is 4.79. The lowest BCUT2D eigenvalue weighted by Crippen LogP contribution is -2.58. The van der Waals surface area contributed by atoms with Crippen LogP contribution in [0.5, 0.6) is 5.75 Å². The van der Waals surface area contributed by atoms with E-state index in [9.17, 15) is 9.59 Å². The number of nitrogens with zero attached hydrogens (tertiary/aromatic N) is 4. The summed E-state index contributed by atoms with van der Waals surface area (Å²) in [5, 5.41) is 4.80. The standard InChI is InChI=1S/C28H33ClN4O4/c1-31(20-23-7-3-2-4-8-23)27(35)19-28(22-36-25-12-10-24(29)11-13-25)21-32(17-18-37-28)26(34)9-5-15-33-16-6-14-30-33/h2-4,6-8,10-14,16H,5,9,15,17-22H2,1H3/t28-/m1/s1. The Bertz CT molecular complexity index is 1140. The molecule has 1 aliphatic heterocycles. The molecule has 0 spiro atoms. The summed E-state index contributed by atoms with van der Waals surface area (Å²) in [4.78, 5) is 29.9. The van der Waals surface area contributed by atoms with Crippen molar-refractivity contribution in [3.05, 3.63) is 83.6 Å². The van der Waals surface area contributed by atoms with Gasteiger partial charge in [0, 0.05) is 50.5 Å². The van der Waals surface area contributed by atoms with Gasteiger partial charge in [-0.15, -0.1) is 0 Å². The second-order valence-electron chi connectivity index (χ2n) is 9.37. The number of amides is 2. The first-order valence-electron chi connectivity index (χ1n) is 12.5.